The lowest BCUT2D eigenvalue weighted by atomic mass is 9.96. The molecule has 1 fully saturated rings. The van der Waals surface area contributed by atoms with Gasteiger partial charge in [0, 0.05) is 12.6 Å². The third-order valence-corrected chi connectivity index (χ3v) is 4.67. The van der Waals surface area contributed by atoms with E-state index < -0.39 is 0 Å². The highest BCUT2D eigenvalue weighted by Gasteiger charge is 2.20. The molecule has 1 aromatic heterocycles. The SMILES string of the molecule is CNCc1cc(OCc2ccccc2C)n(C2CCCCC2)n1.Cl. The summed E-state index contributed by atoms with van der Waals surface area (Å²) in [4.78, 5) is 0. The van der Waals surface area contributed by atoms with Crippen LogP contribution in [0.5, 0.6) is 5.88 Å². The minimum atomic E-state index is 0. The fraction of sp³-hybridized carbons (Fsp3) is 0.526. The maximum absolute atomic E-state index is 6.16. The zero-order valence-electron chi connectivity index (χ0n) is 14.6. The number of aryl methyl sites for hydroxylation is 1. The fourth-order valence-corrected chi connectivity index (χ4v) is 3.31. The summed E-state index contributed by atoms with van der Waals surface area (Å²) in [5, 5.41) is 7.97. The van der Waals surface area contributed by atoms with Crippen molar-refractivity contribution in [1.29, 1.82) is 0 Å². The molecule has 0 saturated heterocycles. The van der Waals surface area contributed by atoms with Crippen LogP contribution in [0.4, 0.5) is 0 Å². The van der Waals surface area contributed by atoms with Crippen molar-refractivity contribution in [3.8, 4) is 5.88 Å². The summed E-state index contributed by atoms with van der Waals surface area (Å²) in [6.07, 6.45) is 6.36. The first-order chi connectivity index (χ1) is 11.3. The molecule has 1 saturated carbocycles. The molecule has 4 nitrogen and oxygen atoms in total. The number of rotatable bonds is 6. The second-order valence-corrected chi connectivity index (χ2v) is 6.46. The van der Waals surface area contributed by atoms with E-state index in [1.54, 1.807) is 0 Å². The van der Waals surface area contributed by atoms with Crippen LogP contribution in [0.2, 0.25) is 0 Å². The van der Waals surface area contributed by atoms with Gasteiger partial charge in [-0.1, -0.05) is 43.5 Å². The summed E-state index contributed by atoms with van der Waals surface area (Å²) in [6.45, 7) is 3.51. The summed E-state index contributed by atoms with van der Waals surface area (Å²) in [6, 6.07) is 11.0. The van der Waals surface area contributed by atoms with Gasteiger partial charge in [0.1, 0.15) is 6.61 Å². The van der Waals surface area contributed by atoms with Gasteiger partial charge in [-0.25, -0.2) is 4.68 Å². The van der Waals surface area contributed by atoms with Crippen molar-refractivity contribution in [2.75, 3.05) is 7.05 Å². The average molecular weight is 350 g/mol. The molecule has 0 spiro atoms. The number of hydrogen-bond donors (Lipinski definition) is 1. The normalized spacial score (nSPS) is 15.1. The summed E-state index contributed by atoms with van der Waals surface area (Å²) in [5.74, 6) is 0.908. The van der Waals surface area contributed by atoms with E-state index in [2.05, 4.69) is 47.3 Å². The molecular formula is C19H28ClN3O. The molecule has 3 rings (SSSR count). The minimum Gasteiger partial charge on any atom is -0.473 e. The van der Waals surface area contributed by atoms with E-state index in [1.807, 2.05) is 7.05 Å². The van der Waals surface area contributed by atoms with Crippen molar-refractivity contribution >= 4 is 12.4 Å². The van der Waals surface area contributed by atoms with Crippen LogP contribution in [-0.4, -0.2) is 16.8 Å². The Morgan fingerprint density at radius 3 is 2.67 bits per heavy atom. The first-order valence-electron chi connectivity index (χ1n) is 8.68. The van der Waals surface area contributed by atoms with Gasteiger partial charge in [-0.2, -0.15) is 5.10 Å². The van der Waals surface area contributed by atoms with Crippen LogP contribution in [0.3, 0.4) is 0 Å². The molecular weight excluding hydrogens is 322 g/mol. The van der Waals surface area contributed by atoms with Crippen LogP contribution < -0.4 is 10.1 Å². The monoisotopic (exact) mass is 349 g/mol. The Bertz CT molecular complexity index is 635. The van der Waals surface area contributed by atoms with Gasteiger partial charge >= 0.3 is 0 Å². The fourth-order valence-electron chi connectivity index (χ4n) is 3.31. The Labute approximate surface area is 151 Å². The molecule has 0 bridgehead atoms. The number of halogens is 1. The van der Waals surface area contributed by atoms with Crippen LogP contribution in [0.25, 0.3) is 0 Å². The first kappa shape index (κ1) is 18.8. The number of aromatic nitrogens is 2. The zero-order valence-corrected chi connectivity index (χ0v) is 15.4. The van der Waals surface area contributed by atoms with E-state index in [9.17, 15) is 0 Å². The van der Waals surface area contributed by atoms with E-state index in [1.165, 1.54) is 43.2 Å². The van der Waals surface area contributed by atoms with Gasteiger partial charge < -0.3 is 10.1 Å². The Balaban J connectivity index is 0.00000208. The van der Waals surface area contributed by atoms with Crippen LogP contribution in [0, 0.1) is 6.92 Å². The third-order valence-electron chi connectivity index (χ3n) is 4.67. The van der Waals surface area contributed by atoms with Crippen molar-refractivity contribution in [3.05, 3.63) is 47.2 Å². The quantitative estimate of drug-likeness (QED) is 0.839. The van der Waals surface area contributed by atoms with E-state index >= 15 is 0 Å². The lowest BCUT2D eigenvalue weighted by molar-refractivity contribution is 0.237. The van der Waals surface area contributed by atoms with Crippen LogP contribution in [-0.2, 0) is 13.2 Å². The highest BCUT2D eigenvalue weighted by Crippen LogP contribution is 2.32. The molecule has 24 heavy (non-hydrogen) atoms. The Morgan fingerprint density at radius 2 is 1.96 bits per heavy atom. The van der Waals surface area contributed by atoms with Gasteiger partial charge in [-0.05, 0) is 37.9 Å². The molecule has 0 aliphatic heterocycles. The number of ether oxygens (including phenoxy) is 1. The predicted molar refractivity (Wildman–Crippen MR) is 99.9 cm³/mol. The van der Waals surface area contributed by atoms with Crippen molar-refractivity contribution in [2.24, 2.45) is 0 Å². The number of benzene rings is 1. The predicted octanol–water partition coefficient (Wildman–Crippen LogP) is 4.42. The van der Waals surface area contributed by atoms with Gasteiger partial charge in [-0.15, -0.1) is 12.4 Å². The molecule has 1 heterocycles. The largest absolute Gasteiger partial charge is 0.473 e. The molecule has 0 atom stereocenters. The van der Waals surface area contributed by atoms with Crippen molar-refractivity contribution < 1.29 is 4.74 Å². The molecule has 1 N–H and O–H groups in total. The molecule has 132 valence electrons. The lowest BCUT2D eigenvalue weighted by Crippen LogP contribution is -2.16. The molecule has 1 aliphatic rings. The number of nitrogens with zero attached hydrogens (tertiary/aromatic N) is 2. The van der Waals surface area contributed by atoms with Gasteiger partial charge in [0.15, 0.2) is 0 Å². The van der Waals surface area contributed by atoms with Crippen LogP contribution in [0.15, 0.2) is 30.3 Å². The summed E-state index contributed by atoms with van der Waals surface area (Å²) in [5.41, 5.74) is 3.56. The summed E-state index contributed by atoms with van der Waals surface area (Å²) < 4.78 is 8.29. The first-order valence-corrected chi connectivity index (χ1v) is 8.68. The van der Waals surface area contributed by atoms with Crippen molar-refractivity contribution in [2.45, 2.75) is 58.2 Å². The second kappa shape index (κ2) is 9.09. The molecule has 5 heteroatoms. The Hall–Kier alpha value is -1.52. The van der Waals surface area contributed by atoms with E-state index in [0.29, 0.717) is 12.6 Å². The molecule has 0 unspecified atom stereocenters. The zero-order chi connectivity index (χ0) is 16.1. The Kier molecular flexibility index (Phi) is 7.13. The van der Waals surface area contributed by atoms with Crippen LogP contribution >= 0.6 is 12.4 Å². The average Bonchev–Trinajstić information content (AvgIpc) is 2.98. The Morgan fingerprint density at radius 1 is 1.21 bits per heavy atom. The number of hydrogen-bond acceptors (Lipinski definition) is 3. The molecule has 1 aromatic carbocycles. The van der Waals surface area contributed by atoms with Crippen LogP contribution in [0.1, 0.15) is 55.0 Å². The molecule has 1 aliphatic carbocycles. The van der Waals surface area contributed by atoms with Crippen molar-refractivity contribution in [3.63, 3.8) is 0 Å². The third kappa shape index (κ3) is 4.52. The van der Waals surface area contributed by atoms with Gasteiger partial charge in [0.25, 0.3) is 0 Å². The standard InChI is InChI=1S/C19H27N3O.ClH/c1-15-8-6-7-9-16(15)14-23-19-12-17(13-20-2)21-22(19)18-10-4-3-5-11-18;/h6-9,12,18,20H,3-5,10-11,13-14H2,1-2H3;1H. The van der Waals surface area contributed by atoms with Gasteiger partial charge in [0.05, 0.1) is 11.7 Å². The van der Waals surface area contributed by atoms with E-state index in [0.717, 1.165) is 18.1 Å². The van der Waals surface area contributed by atoms with E-state index in [4.69, 9.17) is 9.84 Å². The maximum Gasteiger partial charge on any atom is 0.212 e. The second-order valence-electron chi connectivity index (χ2n) is 6.46. The highest BCUT2D eigenvalue weighted by molar-refractivity contribution is 5.85. The topological polar surface area (TPSA) is 39.1 Å². The smallest absolute Gasteiger partial charge is 0.212 e. The highest BCUT2D eigenvalue weighted by atomic mass is 35.5. The molecule has 0 radical (unpaired) electrons. The molecule has 0 amide bonds. The summed E-state index contributed by atoms with van der Waals surface area (Å²) in [7, 11) is 1.95. The van der Waals surface area contributed by atoms with Gasteiger partial charge in [-0.3, -0.25) is 0 Å². The van der Waals surface area contributed by atoms with Crippen molar-refractivity contribution in [1.82, 2.24) is 15.1 Å². The molecule has 2 aromatic rings. The summed E-state index contributed by atoms with van der Waals surface area (Å²) >= 11 is 0. The maximum atomic E-state index is 6.16. The van der Waals surface area contributed by atoms with Gasteiger partial charge in [0.2, 0.25) is 5.88 Å². The van der Waals surface area contributed by atoms with E-state index in [-0.39, 0.29) is 12.4 Å². The minimum absolute atomic E-state index is 0. The lowest BCUT2D eigenvalue weighted by Gasteiger charge is -2.23. The number of nitrogens with one attached hydrogen (secondary N) is 1.